The van der Waals surface area contributed by atoms with Crippen LogP contribution in [0, 0.1) is 5.92 Å². The Morgan fingerprint density at radius 1 is 1.42 bits per heavy atom. The van der Waals surface area contributed by atoms with Crippen LogP contribution in [0.25, 0.3) is 0 Å². The van der Waals surface area contributed by atoms with Gasteiger partial charge in [0, 0.05) is 19.0 Å². The highest BCUT2D eigenvalue weighted by atomic mass is 35.5. The number of amides is 1. The zero-order valence-electron chi connectivity index (χ0n) is 10.0. The Bertz CT molecular complexity index is 515. The molecule has 102 valence electrons. The number of anilines is 1. The molecule has 8 heteroatoms. The summed E-state index contributed by atoms with van der Waals surface area (Å²) < 4.78 is 0. The van der Waals surface area contributed by atoms with Crippen molar-refractivity contribution in [3.8, 4) is 0 Å². The summed E-state index contributed by atoms with van der Waals surface area (Å²) in [7, 11) is 0. The third-order valence-corrected chi connectivity index (χ3v) is 3.39. The maximum Gasteiger partial charge on any atom is 0.356 e. The average Bonchev–Trinajstić information content (AvgIpc) is 2.39. The summed E-state index contributed by atoms with van der Waals surface area (Å²) in [6.45, 7) is 1.13. The fourth-order valence-electron chi connectivity index (χ4n) is 2.02. The molecule has 1 aromatic rings. The normalized spacial score (nSPS) is 16.4. The number of primary amides is 1. The largest absolute Gasteiger partial charge is 0.476 e. The fraction of sp³-hybridized carbons (Fsp3) is 0.455. The number of piperidine rings is 1. The molecule has 19 heavy (non-hydrogen) atoms. The van der Waals surface area contributed by atoms with Gasteiger partial charge in [-0.1, -0.05) is 11.6 Å². The first-order valence-electron chi connectivity index (χ1n) is 5.79. The molecule has 0 aliphatic carbocycles. The van der Waals surface area contributed by atoms with E-state index in [1.54, 1.807) is 0 Å². The lowest BCUT2D eigenvalue weighted by Crippen LogP contribution is -2.39. The second kappa shape index (κ2) is 5.40. The predicted octanol–water partition coefficient (Wildman–Crippen LogP) is 0.530. The molecular weight excluding hydrogens is 272 g/mol. The van der Waals surface area contributed by atoms with Crippen LogP contribution < -0.4 is 10.6 Å². The third kappa shape index (κ3) is 2.93. The van der Waals surface area contributed by atoms with Crippen LogP contribution >= 0.6 is 11.6 Å². The molecule has 1 aromatic heterocycles. The Labute approximate surface area is 114 Å². The van der Waals surface area contributed by atoms with Gasteiger partial charge in [-0.05, 0) is 12.8 Å². The van der Waals surface area contributed by atoms with Gasteiger partial charge in [0.15, 0.2) is 5.69 Å². The number of carbonyl (C=O) groups excluding carboxylic acids is 1. The quantitative estimate of drug-likeness (QED) is 0.838. The second-order valence-corrected chi connectivity index (χ2v) is 4.74. The predicted molar refractivity (Wildman–Crippen MR) is 68.1 cm³/mol. The number of hydrogen-bond donors (Lipinski definition) is 2. The summed E-state index contributed by atoms with van der Waals surface area (Å²) in [4.78, 5) is 31.8. The number of hydrogen-bond acceptors (Lipinski definition) is 5. The molecule has 0 aromatic carbocycles. The number of carboxylic acid groups (broad SMARTS) is 1. The zero-order valence-corrected chi connectivity index (χ0v) is 10.8. The lowest BCUT2D eigenvalue weighted by molar-refractivity contribution is -0.122. The van der Waals surface area contributed by atoms with Crippen molar-refractivity contribution in [1.82, 2.24) is 9.97 Å². The van der Waals surface area contributed by atoms with Crippen molar-refractivity contribution in [3.05, 3.63) is 16.9 Å². The highest BCUT2D eigenvalue weighted by Gasteiger charge is 2.25. The van der Waals surface area contributed by atoms with Crippen LogP contribution in [0.3, 0.4) is 0 Å². The van der Waals surface area contributed by atoms with Gasteiger partial charge in [0.1, 0.15) is 0 Å². The van der Waals surface area contributed by atoms with E-state index in [2.05, 4.69) is 9.97 Å². The number of nitrogens with two attached hydrogens (primary N) is 1. The van der Waals surface area contributed by atoms with Gasteiger partial charge in [-0.15, -0.1) is 0 Å². The Hall–Kier alpha value is -1.89. The molecule has 1 fully saturated rings. The zero-order chi connectivity index (χ0) is 14.0. The SMILES string of the molecule is NC(=O)C1CCN(c2ncc(Cl)c(C(=O)O)n2)CC1. The molecule has 0 unspecified atom stereocenters. The van der Waals surface area contributed by atoms with E-state index in [4.69, 9.17) is 22.4 Å². The van der Waals surface area contributed by atoms with Crippen LogP contribution in [-0.2, 0) is 4.79 Å². The maximum atomic E-state index is 11.1. The van der Waals surface area contributed by atoms with Gasteiger partial charge in [0.25, 0.3) is 0 Å². The van der Waals surface area contributed by atoms with Gasteiger partial charge >= 0.3 is 5.97 Å². The summed E-state index contributed by atoms with van der Waals surface area (Å²) >= 11 is 5.71. The molecule has 1 amide bonds. The summed E-state index contributed by atoms with van der Waals surface area (Å²) in [6.07, 6.45) is 2.50. The first-order chi connectivity index (χ1) is 8.99. The van der Waals surface area contributed by atoms with E-state index in [0.717, 1.165) is 0 Å². The lowest BCUT2D eigenvalue weighted by atomic mass is 9.96. The second-order valence-electron chi connectivity index (χ2n) is 4.34. The number of carbonyl (C=O) groups is 2. The monoisotopic (exact) mass is 284 g/mol. The molecule has 1 saturated heterocycles. The van der Waals surface area contributed by atoms with Crippen molar-refractivity contribution < 1.29 is 14.7 Å². The van der Waals surface area contributed by atoms with E-state index in [0.29, 0.717) is 31.9 Å². The minimum absolute atomic E-state index is 0.00303. The Morgan fingerprint density at radius 3 is 2.58 bits per heavy atom. The smallest absolute Gasteiger partial charge is 0.356 e. The molecule has 0 spiro atoms. The van der Waals surface area contributed by atoms with Crippen LogP contribution in [0.1, 0.15) is 23.3 Å². The molecule has 2 heterocycles. The first-order valence-corrected chi connectivity index (χ1v) is 6.17. The van der Waals surface area contributed by atoms with Crippen molar-refractivity contribution in [2.24, 2.45) is 11.7 Å². The summed E-state index contributed by atoms with van der Waals surface area (Å²) in [5.74, 6) is -1.32. The molecule has 0 radical (unpaired) electrons. The van der Waals surface area contributed by atoms with E-state index in [-0.39, 0.29) is 22.5 Å². The number of halogens is 1. The van der Waals surface area contributed by atoms with Crippen LogP contribution in [0.15, 0.2) is 6.20 Å². The number of carboxylic acids is 1. The van der Waals surface area contributed by atoms with Crippen molar-refractivity contribution in [2.75, 3.05) is 18.0 Å². The van der Waals surface area contributed by atoms with E-state index < -0.39 is 5.97 Å². The minimum Gasteiger partial charge on any atom is -0.476 e. The van der Waals surface area contributed by atoms with Crippen LogP contribution in [-0.4, -0.2) is 40.0 Å². The molecule has 3 N–H and O–H groups in total. The average molecular weight is 285 g/mol. The number of aromatic nitrogens is 2. The molecule has 1 aliphatic rings. The van der Waals surface area contributed by atoms with Gasteiger partial charge in [-0.2, -0.15) is 0 Å². The number of nitrogens with zero attached hydrogens (tertiary/aromatic N) is 3. The van der Waals surface area contributed by atoms with Gasteiger partial charge in [0.2, 0.25) is 11.9 Å². The van der Waals surface area contributed by atoms with E-state index in [1.165, 1.54) is 6.20 Å². The standard InChI is InChI=1S/C11H13ClN4O3/c12-7-5-14-11(15-8(7)10(18)19)16-3-1-6(2-4-16)9(13)17/h5-6H,1-4H2,(H2,13,17)(H,18,19). The molecule has 0 atom stereocenters. The molecule has 2 rings (SSSR count). The van der Waals surface area contributed by atoms with Crippen molar-refractivity contribution in [3.63, 3.8) is 0 Å². The van der Waals surface area contributed by atoms with Crippen LogP contribution in [0.5, 0.6) is 0 Å². The van der Waals surface area contributed by atoms with E-state index in [1.807, 2.05) is 4.90 Å². The van der Waals surface area contributed by atoms with Crippen LogP contribution in [0.4, 0.5) is 5.95 Å². The van der Waals surface area contributed by atoms with Gasteiger partial charge in [-0.25, -0.2) is 14.8 Å². The van der Waals surface area contributed by atoms with Gasteiger partial charge in [0.05, 0.1) is 11.2 Å². The number of rotatable bonds is 3. The van der Waals surface area contributed by atoms with Crippen molar-refractivity contribution in [2.45, 2.75) is 12.8 Å². The molecule has 7 nitrogen and oxygen atoms in total. The molecule has 0 saturated carbocycles. The van der Waals surface area contributed by atoms with Crippen molar-refractivity contribution in [1.29, 1.82) is 0 Å². The Morgan fingerprint density at radius 2 is 2.05 bits per heavy atom. The van der Waals surface area contributed by atoms with Gasteiger partial charge < -0.3 is 15.7 Å². The number of aromatic carboxylic acids is 1. The van der Waals surface area contributed by atoms with Gasteiger partial charge in [-0.3, -0.25) is 4.79 Å². The lowest BCUT2D eigenvalue weighted by Gasteiger charge is -2.30. The molecular formula is C11H13ClN4O3. The van der Waals surface area contributed by atoms with Crippen LogP contribution in [0.2, 0.25) is 5.02 Å². The van der Waals surface area contributed by atoms with E-state index in [9.17, 15) is 9.59 Å². The Balaban J connectivity index is 2.14. The highest BCUT2D eigenvalue weighted by molar-refractivity contribution is 6.33. The molecule has 0 bridgehead atoms. The topological polar surface area (TPSA) is 109 Å². The Kier molecular flexibility index (Phi) is 3.84. The fourth-order valence-corrected chi connectivity index (χ4v) is 2.20. The first kappa shape index (κ1) is 13.5. The summed E-state index contributed by atoms with van der Waals surface area (Å²) in [5.41, 5.74) is 5.03. The summed E-state index contributed by atoms with van der Waals surface area (Å²) in [5, 5.41) is 8.95. The minimum atomic E-state index is -1.19. The summed E-state index contributed by atoms with van der Waals surface area (Å²) in [6, 6.07) is 0. The van der Waals surface area contributed by atoms with Crippen molar-refractivity contribution >= 4 is 29.4 Å². The molecule has 1 aliphatic heterocycles. The maximum absolute atomic E-state index is 11.1. The highest BCUT2D eigenvalue weighted by Crippen LogP contribution is 2.22. The third-order valence-electron chi connectivity index (χ3n) is 3.11. The van der Waals surface area contributed by atoms with E-state index >= 15 is 0 Å².